The molecule has 1 aromatic heterocycles. The summed E-state index contributed by atoms with van der Waals surface area (Å²) >= 11 is 18.0. The molecule has 1 heterocycles. The van der Waals surface area contributed by atoms with Gasteiger partial charge in [0.25, 0.3) is 5.56 Å². The van der Waals surface area contributed by atoms with Crippen molar-refractivity contribution < 1.29 is 0 Å². The molecule has 0 aliphatic carbocycles. The van der Waals surface area contributed by atoms with E-state index < -0.39 is 11.2 Å². The smallest absolute Gasteiger partial charge is 0.288 e. The lowest BCUT2D eigenvalue weighted by Gasteiger charge is -2.14. The lowest BCUT2D eigenvalue weighted by molar-refractivity contribution is 0.714. The molecule has 0 atom stereocenters. The Morgan fingerprint density at radius 3 is 2.21 bits per heavy atom. The van der Waals surface area contributed by atoms with Gasteiger partial charge < -0.3 is 0 Å². The highest BCUT2D eigenvalue weighted by Crippen LogP contribution is 2.24. The van der Waals surface area contributed by atoms with E-state index in [-0.39, 0.29) is 11.6 Å². The second kappa shape index (κ2) is 7.47. The topological polar surface area (TPSA) is 44.0 Å². The van der Waals surface area contributed by atoms with E-state index in [1.165, 1.54) is 6.07 Å². The Morgan fingerprint density at radius 1 is 0.786 bits per heavy atom. The highest BCUT2D eigenvalue weighted by atomic mass is 35.5. The first-order valence-corrected chi connectivity index (χ1v) is 9.53. The van der Waals surface area contributed by atoms with Gasteiger partial charge in [-0.25, -0.2) is 9.36 Å². The van der Waals surface area contributed by atoms with Crippen LogP contribution in [0.15, 0.2) is 76.3 Å². The summed E-state index contributed by atoms with van der Waals surface area (Å²) in [7, 11) is 0. The van der Waals surface area contributed by atoms with Gasteiger partial charge in [-0.2, -0.15) is 0 Å². The first-order valence-electron chi connectivity index (χ1n) is 8.40. The van der Waals surface area contributed by atoms with Crippen molar-refractivity contribution in [1.82, 2.24) is 9.13 Å². The van der Waals surface area contributed by atoms with Crippen molar-refractivity contribution >= 4 is 45.7 Å². The average molecular weight is 432 g/mol. The molecule has 7 heteroatoms. The number of hydrogen-bond acceptors (Lipinski definition) is 2. The Morgan fingerprint density at radius 2 is 1.50 bits per heavy atom. The highest BCUT2D eigenvalue weighted by molar-refractivity contribution is 6.42. The summed E-state index contributed by atoms with van der Waals surface area (Å²) in [6, 6.07) is 18.9. The van der Waals surface area contributed by atoms with Crippen molar-refractivity contribution in [1.29, 1.82) is 0 Å². The Labute approximate surface area is 175 Å². The summed E-state index contributed by atoms with van der Waals surface area (Å²) in [4.78, 5) is 26.3. The van der Waals surface area contributed by atoms with E-state index in [9.17, 15) is 9.59 Å². The van der Waals surface area contributed by atoms with Crippen LogP contribution in [0, 0.1) is 0 Å². The molecule has 0 N–H and O–H groups in total. The predicted molar refractivity (Wildman–Crippen MR) is 114 cm³/mol. The molecule has 0 bridgehead atoms. The summed E-state index contributed by atoms with van der Waals surface area (Å²) in [6.45, 7) is 0.290. The first kappa shape index (κ1) is 18.8. The lowest BCUT2D eigenvalue weighted by Crippen LogP contribution is -2.39. The van der Waals surface area contributed by atoms with Crippen molar-refractivity contribution in [3.63, 3.8) is 0 Å². The van der Waals surface area contributed by atoms with Crippen LogP contribution in [0.4, 0.5) is 0 Å². The van der Waals surface area contributed by atoms with Crippen LogP contribution in [0.3, 0.4) is 0 Å². The zero-order valence-electron chi connectivity index (χ0n) is 14.4. The molecule has 0 aliphatic heterocycles. The van der Waals surface area contributed by atoms with Gasteiger partial charge in [-0.1, -0.05) is 59.1 Å². The molecule has 0 amide bonds. The Balaban J connectivity index is 2.01. The van der Waals surface area contributed by atoms with Crippen LogP contribution in [0.1, 0.15) is 5.56 Å². The molecule has 0 spiro atoms. The Hall–Kier alpha value is -2.53. The van der Waals surface area contributed by atoms with Gasteiger partial charge in [0.2, 0.25) is 0 Å². The van der Waals surface area contributed by atoms with E-state index in [4.69, 9.17) is 34.8 Å². The minimum absolute atomic E-state index is 0.267. The van der Waals surface area contributed by atoms with E-state index in [0.29, 0.717) is 26.6 Å². The van der Waals surface area contributed by atoms with Crippen LogP contribution in [0.5, 0.6) is 0 Å². The fraction of sp³-hybridized carbons (Fsp3) is 0.0476. The summed E-state index contributed by atoms with van der Waals surface area (Å²) in [5, 5.41) is 1.66. The summed E-state index contributed by atoms with van der Waals surface area (Å²) in [5.74, 6) is 0. The van der Waals surface area contributed by atoms with Gasteiger partial charge >= 0.3 is 5.69 Å². The maximum absolute atomic E-state index is 13.3. The quantitative estimate of drug-likeness (QED) is 0.450. The third-order valence-corrected chi connectivity index (χ3v) is 5.46. The molecular formula is C21H13Cl3N2O2. The molecule has 0 radical (unpaired) electrons. The average Bonchev–Trinajstić information content (AvgIpc) is 2.69. The number of benzene rings is 3. The zero-order chi connectivity index (χ0) is 19.8. The van der Waals surface area contributed by atoms with Gasteiger partial charge in [-0.15, -0.1) is 0 Å². The fourth-order valence-corrected chi connectivity index (χ4v) is 3.52. The molecule has 0 saturated heterocycles. The summed E-state index contributed by atoms with van der Waals surface area (Å²) in [6.07, 6.45) is 0. The number of rotatable bonds is 3. The Bertz CT molecular complexity index is 1310. The molecule has 0 fully saturated rings. The molecule has 0 aliphatic rings. The van der Waals surface area contributed by atoms with Crippen LogP contribution < -0.4 is 11.2 Å². The maximum atomic E-state index is 13.3. The van der Waals surface area contributed by atoms with Crippen molar-refractivity contribution in [2.24, 2.45) is 0 Å². The minimum Gasteiger partial charge on any atom is -0.288 e. The van der Waals surface area contributed by atoms with Crippen molar-refractivity contribution in [2.45, 2.75) is 6.54 Å². The summed E-state index contributed by atoms with van der Waals surface area (Å²) in [5.41, 5.74) is 0.933. The van der Waals surface area contributed by atoms with Gasteiger partial charge in [0.15, 0.2) is 0 Å². The van der Waals surface area contributed by atoms with Crippen LogP contribution >= 0.6 is 34.8 Å². The maximum Gasteiger partial charge on any atom is 0.336 e. The van der Waals surface area contributed by atoms with Gasteiger partial charge in [-0.3, -0.25) is 9.36 Å². The molecule has 4 aromatic rings. The highest BCUT2D eigenvalue weighted by Gasteiger charge is 2.15. The first-order chi connectivity index (χ1) is 13.5. The number of fused-ring (bicyclic) bond motifs is 1. The third kappa shape index (κ3) is 3.35. The standard InChI is InChI=1S/C21H13Cl3N2O2/c22-14-7-5-13(6-8-14)12-25-19-4-2-1-3-16(19)20(27)26(21(25)28)15-9-10-17(23)18(24)11-15/h1-11H,12H2. The molecule has 0 saturated carbocycles. The SMILES string of the molecule is O=c1c2ccccc2n(Cc2ccc(Cl)cc2)c(=O)n1-c1ccc(Cl)c(Cl)c1. The zero-order valence-corrected chi connectivity index (χ0v) is 16.7. The Kier molecular flexibility index (Phi) is 5.02. The molecule has 4 rings (SSSR count). The second-order valence-electron chi connectivity index (χ2n) is 6.25. The van der Waals surface area contributed by atoms with E-state index in [0.717, 1.165) is 10.1 Å². The van der Waals surface area contributed by atoms with Crippen LogP contribution in [0.25, 0.3) is 16.6 Å². The van der Waals surface area contributed by atoms with Gasteiger partial charge in [-0.05, 0) is 48.0 Å². The molecule has 140 valence electrons. The van der Waals surface area contributed by atoms with E-state index in [1.807, 2.05) is 12.1 Å². The fourth-order valence-electron chi connectivity index (χ4n) is 3.10. The van der Waals surface area contributed by atoms with Crippen molar-refractivity contribution in [2.75, 3.05) is 0 Å². The second-order valence-corrected chi connectivity index (χ2v) is 7.50. The third-order valence-electron chi connectivity index (χ3n) is 4.47. The van der Waals surface area contributed by atoms with Crippen LogP contribution in [-0.2, 0) is 6.54 Å². The van der Waals surface area contributed by atoms with E-state index >= 15 is 0 Å². The van der Waals surface area contributed by atoms with Crippen molar-refractivity contribution in [3.05, 3.63) is 108 Å². The largest absolute Gasteiger partial charge is 0.336 e. The molecule has 3 aromatic carbocycles. The minimum atomic E-state index is -0.461. The number of para-hydroxylation sites is 1. The molecule has 28 heavy (non-hydrogen) atoms. The number of hydrogen-bond donors (Lipinski definition) is 0. The number of nitrogens with zero attached hydrogens (tertiary/aromatic N) is 2. The van der Waals surface area contributed by atoms with Crippen molar-refractivity contribution in [3.8, 4) is 5.69 Å². The number of aromatic nitrogens is 2. The van der Waals surface area contributed by atoms with Crippen LogP contribution in [0.2, 0.25) is 15.1 Å². The molecule has 4 nitrogen and oxygen atoms in total. The number of halogens is 3. The predicted octanol–water partition coefficient (Wildman–Crippen LogP) is 5.16. The van der Waals surface area contributed by atoms with Gasteiger partial charge in [0.1, 0.15) is 0 Å². The molecule has 0 unspecified atom stereocenters. The van der Waals surface area contributed by atoms with E-state index in [1.54, 1.807) is 53.1 Å². The normalized spacial score (nSPS) is 11.1. The monoisotopic (exact) mass is 430 g/mol. The van der Waals surface area contributed by atoms with Gasteiger partial charge in [0.05, 0.1) is 33.2 Å². The van der Waals surface area contributed by atoms with Crippen LogP contribution in [-0.4, -0.2) is 9.13 Å². The summed E-state index contributed by atoms with van der Waals surface area (Å²) < 4.78 is 2.67. The van der Waals surface area contributed by atoms with Gasteiger partial charge in [0, 0.05) is 5.02 Å². The molecular weight excluding hydrogens is 419 g/mol. The lowest BCUT2D eigenvalue weighted by atomic mass is 10.2. The van der Waals surface area contributed by atoms with E-state index in [2.05, 4.69) is 0 Å².